The van der Waals surface area contributed by atoms with E-state index in [9.17, 15) is 13.2 Å². The number of ether oxygens (including phenoxy) is 2. The molecule has 0 aromatic rings. The predicted molar refractivity (Wildman–Crippen MR) is 75.8 cm³/mol. The van der Waals surface area contributed by atoms with Gasteiger partial charge in [-0.3, -0.25) is 4.79 Å². The van der Waals surface area contributed by atoms with Crippen LogP contribution >= 0.6 is 0 Å². The molecule has 0 radical (unpaired) electrons. The van der Waals surface area contributed by atoms with Gasteiger partial charge in [-0.25, -0.2) is 8.42 Å². The number of rotatable bonds is 5. The fraction of sp³-hybridized carbons (Fsp3) is 0.923. The van der Waals surface area contributed by atoms with Gasteiger partial charge in [-0.1, -0.05) is 20.8 Å². The lowest BCUT2D eigenvalue weighted by Crippen LogP contribution is -2.50. The highest BCUT2D eigenvalue weighted by molar-refractivity contribution is 7.89. The van der Waals surface area contributed by atoms with Gasteiger partial charge in [0.05, 0.1) is 25.6 Å². The van der Waals surface area contributed by atoms with Gasteiger partial charge in [0.25, 0.3) is 0 Å². The normalized spacial score (nSPS) is 21.7. The van der Waals surface area contributed by atoms with Crippen LogP contribution in [-0.2, 0) is 24.3 Å². The maximum atomic E-state index is 12.2. The van der Waals surface area contributed by atoms with Gasteiger partial charge in [-0.2, -0.15) is 4.31 Å². The largest absolute Gasteiger partial charge is 0.469 e. The molecule has 0 aromatic carbocycles. The van der Waals surface area contributed by atoms with Gasteiger partial charge in [-0.05, 0) is 11.8 Å². The van der Waals surface area contributed by atoms with Crippen molar-refractivity contribution in [1.29, 1.82) is 0 Å². The van der Waals surface area contributed by atoms with Gasteiger partial charge < -0.3 is 9.47 Å². The van der Waals surface area contributed by atoms with Crippen molar-refractivity contribution in [1.82, 2.24) is 4.31 Å². The fourth-order valence-corrected chi connectivity index (χ4v) is 3.51. The molecule has 1 rings (SSSR count). The van der Waals surface area contributed by atoms with E-state index in [1.54, 1.807) is 0 Å². The lowest BCUT2D eigenvalue weighted by atomic mass is 9.88. The minimum absolute atomic E-state index is 0.0288. The average molecular weight is 307 g/mol. The van der Waals surface area contributed by atoms with Crippen LogP contribution < -0.4 is 0 Å². The third-order valence-electron chi connectivity index (χ3n) is 3.40. The van der Waals surface area contributed by atoms with Gasteiger partial charge in [0, 0.05) is 19.5 Å². The zero-order valence-electron chi connectivity index (χ0n) is 12.7. The molecule has 1 aliphatic heterocycles. The highest BCUT2D eigenvalue weighted by atomic mass is 32.2. The monoisotopic (exact) mass is 307 g/mol. The topological polar surface area (TPSA) is 72.9 Å². The van der Waals surface area contributed by atoms with E-state index >= 15 is 0 Å². The molecule has 1 atom stereocenters. The fourth-order valence-electron chi connectivity index (χ4n) is 2.03. The second-order valence-corrected chi connectivity index (χ2v) is 8.17. The number of carbonyl (C=O) groups excluding carboxylic acids is 1. The van der Waals surface area contributed by atoms with Crippen molar-refractivity contribution in [2.75, 3.05) is 32.6 Å². The summed E-state index contributed by atoms with van der Waals surface area (Å²) >= 11 is 0. The van der Waals surface area contributed by atoms with Crippen LogP contribution in [0.3, 0.4) is 0 Å². The third kappa shape index (κ3) is 5.03. The summed E-state index contributed by atoms with van der Waals surface area (Å²) < 4.78 is 36.1. The van der Waals surface area contributed by atoms with Crippen molar-refractivity contribution in [3.8, 4) is 0 Å². The van der Waals surface area contributed by atoms with E-state index in [1.165, 1.54) is 11.4 Å². The molecule has 0 spiro atoms. The second kappa shape index (κ2) is 6.87. The van der Waals surface area contributed by atoms with Crippen LogP contribution in [0.2, 0.25) is 0 Å². The molecule has 6 nitrogen and oxygen atoms in total. The van der Waals surface area contributed by atoms with Crippen molar-refractivity contribution >= 4 is 16.0 Å². The van der Waals surface area contributed by atoms with E-state index in [-0.39, 0.29) is 36.1 Å². The number of morpholine rings is 1. The van der Waals surface area contributed by atoms with E-state index in [1.807, 2.05) is 20.8 Å². The quantitative estimate of drug-likeness (QED) is 0.709. The maximum absolute atomic E-state index is 12.2. The molecule has 0 saturated carbocycles. The van der Waals surface area contributed by atoms with Crippen LogP contribution in [0, 0.1) is 5.41 Å². The zero-order valence-corrected chi connectivity index (χ0v) is 13.5. The molecule has 1 heterocycles. The van der Waals surface area contributed by atoms with Crippen molar-refractivity contribution in [3.63, 3.8) is 0 Å². The molecule has 20 heavy (non-hydrogen) atoms. The Bertz CT molecular complexity index is 427. The molecule has 118 valence electrons. The Morgan fingerprint density at radius 1 is 1.40 bits per heavy atom. The van der Waals surface area contributed by atoms with Crippen molar-refractivity contribution < 1.29 is 22.7 Å². The van der Waals surface area contributed by atoms with Crippen molar-refractivity contribution in [2.45, 2.75) is 39.7 Å². The molecule has 0 aliphatic carbocycles. The molecule has 1 aliphatic rings. The van der Waals surface area contributed by atoms with Crippen molar-refractivity contribution in [2.24, 2.45) is 5.41 Å². The number of nitrogens with zero attached hydrogens (tertiary/aromatic N) is 1. The molecule has 0 N–H and O–H groups in total. The van der Waals surface area contributed by atoms with Gasteiger partial charge in [0.1, 0.15) is 0 Å². The lowest BCUT2D eigenvalue weighted by molar-refractivity contribution is -0.140. The number of sulfonamides is 1. The standard InChI is InChI=1S/C13H25NO5S/c1-13(2,3)11-10-14(7-8-19-11)20(16,17)9-5-6-12(15)18-4/h11H,5-10H2,1-4H3/t11-/m1/s1. The van der Waals surface area contributed by atoms with Gasteiger partial charge in [-0.15, -0.1) is 0 Å². The first-order chi connectivity index (χ1) is 9.16. The van der Waals surface area contributed by atoms with Crippen LogP contribution in [0.5, 0.6) is 0 Å². The summed E-state index contributed by atoms with van der Waals surface area (Å²) in [5.74, 6) is -0.409. The number of esters is 1. The van der Waals surface area contributed by atoms with Gasteiger partial charge in [0.2, 0.25) is 10.0 Å². The molecule has 0 bridgehead atoms. The summed E-state index contributed by atoms with van der Waals surface area (Å²) in [5, 5.41) is 0. The van der Waals surface area contributed by atoms with Crippen LogP contribution in [0.15, 0.2) is 0 Å². The predicted octanol–water partition coefficient (Wildman–Crippen LogP) is 1.02. The summed E-state index contributed by atoms with van der Waals surface area (Å²) in [6.45, 7) is 7.27. The molecule has 0 amide bonds. The molecule has 1 saturated heterocycles. The zero-order chi connectivity index (χ0) is 15.4. The SMILES string of the molecule is COC(=O)CCCS(=O)(=O)N1CCO[C@@H](C(C)(C)C)C1. The molecule has 0 unspecified atom stereocenters. The number of methoxy groups -OCH3 is 1. The summed E-state index contributed by atoms with van der Waals surface area (Å²) in [5.41, 5.74) is -0.0970. The molecular weight excluding hydrogens is 282 g/mol. The van der Waals surface area contributed by atoms with Crippen LogP contribution in [-0.4, -0.2) is 57.4 Å². The number of hydrogen-bond acceptors (Lipinski definition) is 5. The smallest absolute Gasteiger partial charge is 0.305 e. The number of carbonyl (C=O) groups is 1. The van der Waals surface area contributed by atoms with E-state index < -0.39 is 10.0 Å². The highest BCUT2D eigenvalue weighted by Gasteiger charge is 2.35. The minimum atomic E-state index is -3.33. The first-order valence-electron chi connectivity index (χ1n) is 6.83. The Morgan fingerprint density at radius 3 is 2.60 bits per heavy atom. The van der Waals surface area contributed by atoms with Gasteiger partial charge in [0.15, 0.2) is 0 Å². The Kier molecular flexibility index (Phi) is 5.97. The Morgan fingerprint density at radius 2 is 2.05 bits per heavy atom. The Balaban J connectivity index is 2.56. The second-order valence-electron chi connectivity index (χ2n) is 6.08. The number of hydrogen-bond donors (Lipinski definition) is 0. The van der Waals surface area contributed by atoms with E-state index in [2.05, 4.69) is 4.74 Å². The summed E-state index contributed by atoms with van der Waals surface area (Å²) in [7, 11) is -2.04. The van der Waals surface area contributed by atoms with Crippen LogP contribution in [0.4, 0.5) is 0 Å². The first-order valence-corrected chi connectivity index (χ1v) is 8.44. The lowest BCUT2D eigenvalue weighted by Gasteiger charge is -2.38. The summed E-state index contributed by atoms with van der Waals surface area (Å²) in [6, 6.07) is 0. The average Bonchev–Trinajstić information content (AvgIpc) is 2.37. The third-order valence-corrected chi connectivity index (χ3v) is 5.32. The van der Waals surface area contributed by atoms with Crippen LogP contribution in [0.1, 0.15) is 33.6 Å². The molecule has 0 aromatic heterocycles. The van der Waals surface area contributed by atoms with Gasteiger partial charge >= 0.3 is 5.97 Å². The minimum Gasteiger partial charge on any atom is -0.469 e. The van der Waals surface area contributed by atoms with Crippen molar-refractivity contribution in [3.05, 3.63) is 0 Å². The summed E-state index contributed by atoms with van der Waals surface area (Å²) in [6.07, 6.45) is 0.307. The Labute approximate surface area is 121 Å². The first kappa shape index (κ1) is 17.4. The molecular formula is C13H25NO5S. The van der Waals surface area contributed by atoms with E-state index in [0.29, 0.717) is 19.7 Å². The van der Waals surface area contributed by atoms with E-state index in [4.69, 9.17) is 4.74 Å². The molecule has 7 heteroatoms. The maximum Gasteiger partial charge on any atom is 0.305 e. The molecule has 1 fully saturated rings. The highest BCUT2D eigenvalue weighted by Crippen LogP contribution is 2.26. The summed E-state index contributed by atoms with van der Waals surface area (Å²) in [4.78, 5) is 11.0. The van der Waals surface area contributed by atoms with Crippen LogP contribution in [0.25, 0.3) is 0 Å². The Hall–Kier alpha value is -0.660. The van der Waals surface area contributed by atoms with E-state index in [0.717, 1.165) is 0 Å².